The van der Waals surface area contributed by atoms with Crippen LogP contribution in [-0.4, -0.2) is 21.8 Å². The fourth-order valence-corrected chi connectivity index (χ4v) is 3.97. The molecule has 3 rings (SSSR count). The molecule has 0 aliphatic heterocycles. The average Bonchev–Trinajstić information content (AvgIpc) is 3.12. The van der Waals surface area contributed by atoms with E-state index < -0.39 is 5.91 Å². The molecular weight excluding hydrogens is 344 g/mol. The average molecular weight is 360 g/mol. The van der Waals surface area contributed by atoms with Gasteiger partial charge >= 0.3 is 0 Å². The van der Waals surface area contributed by atoms with E-state index in [9.17, 15) is 9.59 Å². The van der Waals surface area contributed by atoms with Crippen molar-refractivity contribution in [1.29, 1.82) is 0 Å². The Morgan fingerprint density at radius 1 is 1.21 bits per heavy atom. The number of aryl methyl sites for hydroxylation is 1. The van der Waals surface area contributed by atoms with E-state index in [2.05, 4.69) is 21.4 Å². The molecule has 8 heteroatoms. The minimum atomic E-state index is -0.436. The first-order chi connectivity index (χ1) is 11.6. The van der Waals surface area contributed by atoms with E-state index in [-0.39, 0.29) is 12.3 Å². The van der Waals surface area contributed by atoms with Crippen molar-refractivity contribution in [2.75, 3.05) is 5.32 Å². The predicted molar refractivity (Wildman–Crippen MR) is 96.2 cm³/mol. The van der Waals surface area contributed by atoms with E-state index in [0.29, 0.717) is 17.2 Å². The predicted octanol–water partition coefficient (Wildman–Crippen LogP) is 2.74. The lowest BCUT2D eigenvalue weighted by Gasteiger charge is -2.00. The molecule has 1 aromatic carbocycles. The molecule has 3 N–H and O–H groups in total. The van der Waals surface area contributed by atoms with Crippen LogP contribution >= 0.6 is 22.7 Å². The summed E-state index contributed by atoms with van der Waals surface area (Å²) in [6, 6.07) is 8.02. The number of thiazole rings is 2. The summed E-state index contributed by atoms with van der Waals surface area (Å²) in [5, 5.41) is 6.01. The Kier molecular flexibility index (Phi) is 5.17. The Labute approximate surface area is 146 Å². The summed E-state index contributed by atoms with van der Waals surface area (Å²) in [4.78, 5) is 31.5. The monoisotopic (exact) mass is 360 g/mol. The van der Waals surface area contributed by atoms with Crippen molar-refractivity contribution in [1.82, 2.24) is 9.97 Å². The molecule has 6 nitrogen and oxygen atoms in total. The zero-order chi connectivity index (χ0) is 16.9. The standard InChI is InChI=1S/C16H16N4O2S2/c17-13(21)8-10-9-23-16(18-10)20-14(22)6-3-7-15-19-11-4-1-2-5-12(11)24-15/h1-2,4-5,9H,3,6-8H2,(H2,17,21)(H,18,20,22). The molecule has 0 spiro atoms. The van der Waals surface area contributed by atoms with Crippen LogP contribution in [0.25, 0.3) is 10.2 Å². The van der Waals surface area contributed by atoms with Gasteiger partial charge in [0, 0.05) is 11.8 Å². The van der Waals surface area contributed by atoms with Crippen LogP contribution in [0.15, 0.2) is 29.6 Å². The summed E-state index contributed by atoms with van der Waals surface area (Å²) in [6.45, 7) is 0. The number of amides is 2. The minimum Gasteiger partial charge on any atom is -0.369 e. The van der Waals surface area contributed by atoms with Crippen LogP contribution < -0.4 is 11.1 Å². The lowest BCUT2D eigenvalue weighted by molar-refractivity contribution is -0.117. The zero-order valence-corrected chi connectivity index (χ0v) is 14.5. The molecule has 0 radical (unpaired) electrons. The van der Waals surface area contributed by atoms with Crippen molar-refractivity contribution in [2.24, 2.45) is 5.73 Å². The molecule has 0 bridgehead atoms. The number of para-hydroxylation sites is 1. The van der Waals surface area contributed by atoms with Gasteiger partial charge in [-0.1, -0.05) is 12.1 Å². The molecule has 124 valence electrons. The topological polar surface area (TPSA) is 98.0 Å². The number of hydrogen-bond acceptors (Lipinski definition) is 6. The molecule has 2 aromatic heterocycles. The van der Waals surface area contributed by atoms with Gasteiger partial charge in [-0.25, -0.2) is 9.97 Å². The second-order valence-electron chi connectivity index (χ2n) is 5.26. The number of carbonyl (C=O) groups excluding carboxylic acids is 2. The number of aromatic nitrogens is 2. The maximum atomic E-state index is 12.0. The quantitative estimate of drug-likeness (QED) is 0.677. The van der Waals surface area contributed by atoms with E-state index in [0.717, 1.165) is 23.4 Å². The summed E-state index contributed by atoms with van der Waals surface area (Å²) >= 11 is 2.96. The number of nitrogens with one attached hydrogen (secondary N) is 1. The molecule has 0 saturated carbocycles. The van der Waals surface area contributed by atoms with Gasteiger partial charge < -0.3 is 11.1 Å². The summed E-state index contributed by atoms with van der Waals surface area (Å²) in [5.74, 6) is -0.523. The maximum Gasteiger partial charge on any atom is 0.226 e. The van der Waals surface area contributed by atoms with Gasteiger partial charge in [0.2, 0.25) is 11.8 Å². The number of fused-ring (bicyclic) bond motifs is 1. The van der Waals surface area contributed by atoms with E-state index in [1.165, 1.54) is 16.0 Å². The first-order valence-corrected chi connectivity index (χ1v) is 9.17. The number of nitrogens with zero attached hydrogens (tertiary/aromatic N) is 2. The molecule has 0 atom stereocenters. The lowest BCUT2D eigenvalue weighted by Crippen LogP contribution is -2.14. The molecule has 3 aromatic rings. The third kappa shape index (κ3) is 4.36. The number of rotatable bonds is 7. The van der Waals surface area contributed by atoms with Crippen molar-refractivity contribution in [3.05, 3.63) is 40.3 Å². The Morgan fingerprint density at radius 2 is 2.04 bits per heavy atom. The third-order valence-electron chi connectivity index (χ3n) is 3.29. The molecule has 2 heterocycles. The lowest BCUT2D eigenvalue weighted by atomic mass is 10.2. The van der Waals surface area contributed by atoms with Crippen LogP contribution in [0.5, 0.6) is 0 Å². The van der Waals surface area contributed by atoms with Crippen molar-refractivity contribution >= 4 is 49.8 Å². The molecule has 0 saturated heterocycles. The van der Waals surface area contributed by atoms with Gasteiger partial charge in [-0.3, -0.25) is 9.59 Å². The highest BCUT2D eigenvalue weighted by Crippen LogP contribution is 2.23. The molecule has 24 heavy (non-hydrogen) atoms. The summed E-state index contributed by atoms with van der Waals surface area (Å²) in [5.41, 5.74) is 6.70. The van der Waals surface area contributed by atoms with Gasteiger partial charge in [0.25, 0.3) is 0 Å². The Bertz CT molecular complexity index is 839. The van der Waals surface area contributed by atoms with E-state index in [1.54, 1.807) is 16.7 Å². The Morgan fingerprint density at radius 3 is 2.83 bits per heavy atom. The SMILES string of the molecule is NC(=O)Cc1csc(NC(=O)CCCc2nc3ccccc3s2)n1. The fraction of sp³-hybridized carbons (Fsp3) is 0.250. The fourth-order valence-electron chi connectivity index (χ4n) is 2.23. The van der Waals surface area contributed by atoms with Crippen molar-refractivity contribution in [2.45, 2.75) is 25.7 Å². The first kappa shape index (κ1) is 16.5. The van der Waals surface area contributed by atoms with Crippen LogP contribution in [0.1, 0.15) is 23.5 Å². The van der Waals surface area contributed by atoms with Gasteiger partial charge in [-0.05, 0) is 25.0 Å². The van der Waals surface area contributed by atoms with Crippen LogP contribution in [-0.2, 0) is 22.4 Å². The second kappa shape index (κ2) is 7.50. The molecule has 0 aliphatic carbocycles. The highest BCUT2D eigenvalue weighted by Gasteiger charge is 2.09. The smallest absolute Gasteiger partial charge is 0.226 e. The zero-order valence-electron chi connectivity index (χ0n) is 12.8. The number of anilines is 1. The number of hydrogen-bond donors (Lipinski definition) is 2. The van der Waals surface area contributed by atoms with Gasteiger partial charge in [0.1, 0.15) is 0 Å². The number of primary amides is 1. The molecule has 0 unspecified atom stereocenters. The second-order valence-corrected chi connectivity index (χ2v) is 7.24. The largest absolute Gasteiger partial charge is 0.369 e. The van der Waals surface area contributed by atoms with Crippen molar-refractivity contribution in [3.63, 3.8) is 0 Å². The summed E-state index contributed by atoms with van der Waals surface area (Å²) < 4.78 is 1.17. The van der Waals surface area contributed by atoms with Crippen molar-refractivity contribution < 1.29 is 9.59 Å². The van der Waals surface area contributed by atoms with Crippen LogP contribution in [0.3, 0.4) is 0 Å². The highest BCUT2D eigenvalue weighted by molar-refractivity contribution is 7.18. The molecular formula is C16H16N4O2S2. The van der Waals surface area contributed by atoms with E-state index in [4.69, 9.17) is 5.73 Å². The van der Waals surface area contributed by atoms with Gasteiger partial charge in [0.05, 0.1) is 27.3 Å². The Hall–Kier alpha value is -2.32. The molecule has 0 fully saturated rings. The highest BCUT2D eigenvalue weighted by atomic mass is 32.1. The van der Waals surface area contributed by atoms with Gasteiger partial charge in [-0.15, -0.1) is 22.7 Å². The third-order valence-corrected chi connectivity index (χ3v) is 5.19. The minimum absolute atomic E-state index is 0.0870. The van der Waals surface area contributed by atoms with Crippen LogP contribution in [0.4, 0.5) is 5.13 Å². The van der Waals surface area contributed by atoms with E-state index >= 15 is 0 Å². The first-order valence-electron chi connectivity index (χ1n) is 7.47. The van der Waals surface area contributed by atoms with Crippen LogP contribution in [0.2, 0.25) is 0 Å². The number of nitrogens with two attached hydrogens (primary N) is 1. The van der Waals surface area contributed by atoms with Crippen LogP contribution in [0, 0.1) is 0 Å². The molecule has 2 amide bonds. The maximum absolute atomic E-state index is 12.0. The van der Waals surface area contributed by atoms with Gasteiger partial charge in [-0.2, -0.15) is 0 Å². The van der Waals surface area contributed by atoms with Crippen molar-refractivity contribution in [3.8, 4) is 0 Å². The Balaban J connectivity index is 1.47. The number of benzene rings is 1. The number of carbonyl (C=O) groups is 2. The normalized spacial score (nSPS) is 10.8. The molecule has 0 aliphatic rings. The summed E-state index contributed by atoms with van der Waals surface area (Å²) in [7, 11) is 0. The summed E-state index contributed by atoms with van der Waals surface area (Å²) in [6.07, 6.45) is 1.99. The van der Waals surface area contributed by atoms with Gasteiger partial charge in [0.15, 0.2) is 5.13 Å². The van der Waals surface area contributed by atoms with E-state index in [1.807, 2.05) is 18.2 Å².